The minimum Gasteiger partial charge on any atom is -0.397 e. The molecule has 4 nitrogen and oxygen atoms in total. The second-order valence-electron chi connectivity index (χ2n) is 5.90. The van der Waals surface area contributed by atoms with E-state index >= 15 is 0 Å². The minimum absolute atomic E-state index is 0.0718. The molecule has 1 fully saturated rings. The van der Waals surface area contributed by atoms with Gasteiger partial charge in [-0.25, -0.2) is 4.98 Å². The van der Waals surface area contributed by atoms with Crippen LogP contribution in [0.25, 0.3) is 10.2 Å². The fourth-order valence-electron chi connectivity index (χ4n) is 2.58. The van der Waals surface area contributed by atoms with Gasteiger partial charge in [0.1, 0.15) is 9.71 Å². The molecule has 1 aliphatic carbocycles. The number of nitrogens with zero attached hydrogens (tertiary/aromatic N) is 1. The molecule has 0 saturated heterocycles. The SMILES string of the molecule is CC(C)C1(CNC(=O)c2sc3ncccc3c2N)CC1. The van der Waals surface area contributed by atoms with Gasteiger partial charge in [-0.2, -0.15) is 0 Å². The standard InChI is InChI=1S/C15H19N3OS/c1-9(2)15(5-6-15)8-18-13(19)12-11(16)10-4-3-7-17-14(10)20-12/h3-4,7,9H,5-6,8,16H2,1-2H3,(H,18,19). The average molecular weight is 289 g/mol. The molecular formula is C15H19N3OS. The number of fused-ring (bicyclic) bond motifs is 1. The van der Waals surface area contributed by atoms with Crippen LogP contribution >= 0.6 is 11.3 Å². The summed E-state index contributed by atoms with van der Waals surface area (Å²) in [5, 5.41) is 3.92. The van der Waals surface area contributed by atoms with Crippen LogP contribution in [0.5, 0.6) is 0 Å². The molecule has 20 heavy (non-hydrogen) atoms. The molecule has 1 saturated carbocycles. The maximum Gasteiger partial charge on any atom is 0.263 e. The number of aromatic nitrogens is 1. The zero-order chi connectivity index (χ0) is 14.3. The third-order valence-corrected chi connectivity index (χ3v) is 5.56. The summed E-state index contributed by atoms with van der Waals surface area (Å²) in [6, 6.07) is 3.74. The Morgan fingerprint density at radius 3 is 2.90 bits per heavy atom. The van der Waals surface area contributed by atoms with E-state index in [1.54, 1.807) is 6.20 Å². The fraction of sp³-hybridized carbons (Fsp3) is 0.467. The van der Waals surface area contributed by atoms with Gasteiger partial charge in [0.25, 0.3) is 5.91 Å². The van der Waals surface area contributed by atoms with Crippen molar-refractivity contribution >= 4 is 33.1 Å². The number of carbonyl (C=O) groups is 1. The fourth-order valence-corrected chi connectivity index (χ4v) is 3.55. The number of nitrogens with two attached hydrogens (primary N) is 1. The zero-order valence-electron chi connectivity index (χ0n) is 11.8. The summed E-state index contributed by atoms with van der Waals surface area (Å²) in [7, 11) is 0. The molecule has 0 aromatic carbocycles. The molecule has 0 spiro atoms. The number of pyridine rings is 1. The Morgan fingerprint density at radius 1 is 1.55 bits per heavy atom. The van der Waals surface area contributed by atoms with Crippen molar-refractivity contribution in [1.82, 2.24) is 10.3 Å². The number of hydrogen-bond acceptors (Lipinski definition) is 4. The van der Waals surface area contributed by atoms with Crippen LogP contribution in [0.3, 0.4) is 0 Å². The van der Waals surface area contributed by atoms with Crippen molar-refractivity contribution in [1.29, 1.82) is 0 Å². The number of hydrogen-bond donors (Lipinski definition) is 2. The minimum atomic E-state index is -0.0718. The van der Waals surface area contributed by atoms with Crippen LogP contribution in [0.4, 0.5) is 5.69 Å². The molecule has 3 N–H and O–H groups in total. The van der Waals surface area contributed by atoms with E-state index in [9.17, 15) is 4.79 Å². The van der Waals surface area contributed by atoms with Crippen molar-refractivity contribution in [3.8, 4) is 0 Å². The molecule has 1 amide bonds. The van der Waals surface area contributed by atoms with Gasteiger partial charge in [0, 0.05) is 18.1 Å². The molecule has 106 valence electrons. The molecule has 0 aliphatic heterocycles. The summed E-state index contributed by atoms with van der Waals surface area (Å²) in [5.41, 5.74) is 6.92. The lowest BCUT2D eigenvalue weighted by Gasteiger charge is -2.19. The maximum absolute atomic E-state index is 12.3. The number of rotatable bonds is 4. The van der Waals surface area contributed by atoms with Gasteiger partial charge in [-0.1, -0.05) is 13.8 Å². The molecule has 1 aliphatic rings. The number of amides is 1. The molecule has 5 heteroatoms. The lowest BCUT2D eigenvalue weighted by atomic mass is 9.92. The number of carbonyl (C=O) groups excluding carboxylic acids is 1. The van der Waals surface area contributed by atoms with Crippen molar-refractivity contribution in [2.24, 2.45) is 11.3 Å². The van der Waals surface area contributed by atoms with E-state index in [0.717, 1.165) is 16.8 Å². The van der Waals surface area contributed by atoms with Crippen molar-refractivity contribution in [2.75, 3.05) is 12.3 Å². The van der Waals surface area contributed by atoms with Gasteiger partial charge >= 0.3 is 0 Å². The van der Waals surface area contributed by atoms with E-state index in [-0.39, 0.29) is 5.91 Å². The Bertz CT molecular complexity index is 658. The summed E-state index contributed by atoms with van der Waals surface area (Å²) in [4.78, 5) is 18.0. The van der Waals surface area contributed by atoms with Crippen LogP contribution in [0.15, 0.2) is 18.3 Å². The van der Waals surface area contributed by atoms with E-state index in [0.29, 0.717) is 21.9 Å². The van der Waals surface area contributed by atoms with Gasteiger partial charge in [0.15, 0.2) is 0 Å². The largest absolute Gasteiger partial charge is 0.397 e. The van der Waals surface area contributed by atoms with Gasteiger partial charge in [-0.15, -0.1) is 11.3 Å². The molecule has 2 aromatic rings. The number of nitrogens with one attached hydrogen (secondary N) is 1. The van der Waals surface area contributed by atoms with Crippen molar-refractivity contribution < 1.29 is 4.79 Å². The van der Waals surface area contributed by atoms with Crippen molar-refractivity contribution in [3.05, 3.63) is 23.2 Å². The smallest absolute Gasteiger partial charge is 0.263 e. The Labute approximate surface area is 122 Å². The monoisotopic (exact) mass is 289 g/mol. The Morgan fingerprint density at radius 2 is 2.30 bits per heavy atom. The predicted octanol–water partition coefficient (Wildman–Crippen LogP) is 3.04. The van der Waals surface area contributed by atoms with Gasteiger partial charge in [0.2, 0.25) is 0 Å². The highest BCUT2D eigenvalue weighted by Gasteiger charge is 2.45. The highest BCUT2D eigenvalue weighted by Crippen LogP contribution is 2.51. The molecule has 2 heterocycles. The first kappa shape index (κ1) is 13.4. The van der Waals surface area contributed by atoms with E-state index in [1.165, 1.54) is 24.2 Å². The Kier molecular flexibility index (Phi) is 3.17. The quantitative estimate of drug-likeness (QED) is 0.909. The van der Waals surface area contributed by atoms with E-state index in [4.69, 9.17) is 5.73 Å². The number of nitrogen functional groups attached to an aromatic ring is 1. The van der Waals surface area contributed by atoms with Crippen molar-refractivity contribution in [3.63, 3.8) is 0 Å². The van der Waals surface area contributed by atoms with Gasteiger partial charge < -0.3 is 11.1 Å². The number of anilines is 1. The number of thiophene rings is 1. The van der Waals surface area contributed by atoms with Crippen molar-refractivity contribution in [2.45, 2.75) is 26.7 Å². The second-order valence-corrected chi connectivity index (χ2v) is 6.90. The normalized spacial score (nSPS) is 16.6. The van der Waals surface area contributed by atoms with Gasteiger partial charge in [-0.3, -0.25) is 4.79 Å². The van der Waals surface area contributed by atoms with E-state index in [2.05, 4.69) is 24.1 Å². The predicted molar refractivity (Wildman–Crippen MR) is 82.9 cm³/mol. The van der Waals surface area contributed by atoms with Gasteiger partial charge in [-0.05, 0) is 36.3 Å². The Balaban J connectivity index is 1.78. The average Bonchev–Trinajstić information content (AvgIpc) is 3.16. The van der Waals surface area contributed by atoms with Crippen LogP contribution in [-0.4, -0.2) is 17.4 Å². The van der Waals surface area contributed by atoms with Crippen LogP contribution in [0.1, 0.15) is 36.4 Å². The first-order valence-electron chi connectivity index (χ1n) is 6.95. The molecule has 3 rings (SSSR count). The second kappa shape index (κ2) is 4.74. The highest BCUT2D eigenvalue weighted by molar-refractivity contribution is 7.21. The van der Waals surface area contributed by atoms with Crippen LogP contribution in [0, 0.1) is 11.3 Å². The van der Waals surface area contributed by atoms with Gasteiger partial charge in [0.05, 0.1) is 5.69 Å². The lowest BCUT2D eigenvalue weighted by molar-refractivity contribution is 0.0944. The zero-order valence-corrected chi connectivity index (χ0v) is 12.6. The molecule has 0 atom stereocenters. The maximum atomic E-state index is 12.3. The summed E-state index contributed by atoms with van der Waals surface area (Å²) >= 11 is 1.36. The first-order valence-corrected chi connectivity index (χ1v) is 7.76. The molecule has 0 radical (unpaired) electrons. The molecule has 0 unspecified atom stereocenters. The summed E-state index contributed by atoms with van der Waals surface area (Å²) < 4.78 is 0. The summed E-state index contributed by atoms with van der Waals surface area (Å²) in [5.74, 6) is 0.529. The van der Waals surface area contributed by atoms with Crippen LogP contribution < -0.4 is 11.1 Å². The summed E-state index contributed by atoms with van der Waals surface area (Å²) in [6.45, 7) is 5.18. The third kappa shape index (κ3) is 2.16. The lowest BCUT2D eigenvalue weighted by Crippen LogP contribution is -2.32. The Hall–Kier alpha value is -1.62. The van der Waals surface area contributed by atoms with Crippen LogP contribution in [0.2, 0.25) is 0 Å². The highest BCUT2D eigenvalue weighted by atomic mass is 32.1. The van der Waals surface area contributed by atoms with E-state index < -0.39 is 0 Å². The first-order chi connectivity index (χ1) is 9.53. The topological polar surface area (TPSA) is 68.0 Å². The third-order valence-electron chi connectivity index (χ3n) is 4.43. The van der Waals surface area contributed by atoms with E-state index in [1.807, 2.05) is 12.1 Å². The molecule has 0 bridgehead atoms. The molecular weight excluding hydrogens is 270 g/mol. The van der Waals surface area contributed by atoms with Crippen LogP contribution in [-0.2, 0) is 0 Å². The summed E-state index contributed by atoms with van der Waals surface area (Å²) in [6.07, 6.45) is 4.13. The molecule has 2 aromatic heterocycles.